The van der Waals surface area contributed by atoms with Crippen LogP contribution in [0.15, 0.2) is 23.1 Å². The Balaban J connectivity index is 0.000000713. The quantitative estimate of drug-likeness (QED) is 0.309. The molecule has 0 saturated carbocycles. The van der Waals surface area contributed by atoms with Gasteiger partial charge < -0.3 is 9.16 Å². The molecule has 0 saturated heterocycles. The van der Waals surface area contributed by atoms with Crippen molar-refractivity contribution in [1.82, 2.24) is 4.98 Å². The molecule has 0 bridgehead atoms. The summed E-state index contributed by atoms with van der Waals surface area (Å²) >= 11 is 1.69. The molecule has 4 nitrogen and oxygen atoms in total. The van der Waals surface area contributed by atoms with Crippen molar-refractivity contribution >= 4 is 31.7 Å². The monoisotopic (exact) mass is 411 g/mol. The zero-order valence-electron chi connectivity index (χ0n) is 18.7. The van der Waals surface area contributed by atoms with E-state index in [0.29, 0.717) is 12.2 Å². The smallest absolute Gasteiger partial charge is 0.333 e. The lowest BCUT2D eigenvalue weighted by molar-refractivity contribution is -0.138. The largest absolute Gasteiger partial charge is 0.463 e. The lowest BCUT2D eigenvalue weighted by Crippen LogP contribution is -2.43. The summed E-state index contributed by atoms with van der Waals surface area (Å²) in [7, 11) is -1.70. The molecule has 0 N–H and O–H groups in total. The molecule has 0 fully saturated rings. The van der Waals surface area contributed by atoms with Gasteiger partial charge in [0.05, 0.1) is 23.4 Å². The van der Waals surface area contributed by atoms with Crippen molar-refractivity contribution in [2.75, 3.05) is 6.61 Å². The topological polar surface area (TPSA) is 48.4 Å². The average molecular weight is 412 g/mol. The summed E-state index contributed by atoms with van der Waals surface area (Å²) in [5.41, 5.74) is 2.74. The summed E-state index contributed by atoms with van der Waals surface area (Å²) in [5, 5.41) is 3.45. The number of carbonyl (C=O) groups is 1. The zero-order chi connectivity index (χ0) is 21.4. The fourth-order valence-electron chi connectivity index (χ4n) is 1.76. The second-order valence-corrected chi connectivity index (χ2v) is 14.0. The summed E-state index contributed by atoms with van der Waals surface area (Å²) < 4.78 is 11.0. The second kappa shape index (κ2) is 10.9. The standard InChI is InChI=1S/C15H27NOSSi.C6H10O2/c1-11(9-14-10-18-13(3)16-14)12(2)17-19(7,8)15(4,5)6;1-4-8-6(7)5(2)3/h9-10,12H,1-8H3;2,4H2,1,3H3/b11-9+;/t12-;/m0./s1. The molecule has 0 aliphatic rings. The van der Waals surface area contributed by atoms with Crippen LogP contribution in [0, 0.1) is 6.92 Å². The van der Waals surface area contributed by atoms with Crippen LogP contribution in [0.4, 0.5) is 0 Å². The van der Waals surface area contributed by atoms with E-state index < -0.39 is 8.32 Å². The van der Waals surface area contributed by atoms with Crippen molar-refractivity contribution in [2.24, 2.45) is 0 Å². The van der Waals surface area contributed by atoms with Crippen LogP contribution in [0.25, 0.3) is 6.08 Å². The Morgan fingerprint density at radius 1 is 1.37 bits per heavy atom. The number of rotatable bonds is 6. The van der Waals surface area contributed by atoms with Gasteiger partial charge in [-0.25, -0.2) is 9.78 Å². The maximum Gasteiger partial charge on any atom is 0.333 e. The van der Waals surface area contributed by atoms with Gasteiger partial charge in [-0.1, -0.05) is 27.4 Å². The van der Waals surface area contributed by atoms with Crippen LogP contribution in [0.5, 0.6) is 0 Å². The summed E-state index contributed by atoms with van der Waals surface area (Å²) in [4.78, 5) is 14.9. The van der Waals surface area contributed by atoms with Crippen LogP contribution < -0.4 is 0 Å². The van der Waals surface area contributed by atoms with Crippen LogP contribution in [-0.4, -0.2) is 32.0 Å². The maximum atomic E-state index is 10.4. The normalized spacial score (nSPS) is 13.5. The highest BCUT2D eigenvalue weighted by molar-refractivity contribution is 7.09. The number of nitrogens with zero attached hydrogens (tertiary/aromatic N) is 1. The minimum absolute atomic E-state index is 0.155. The van der Waals surface area contributed by atoms with E-state index >= 15 is 0 Å². The number of thiazole rings is 1. The second-order valence-electron chi connectivity index (χ2n) is 8.20. The highest BCUT2D eigenvalue weighted by Crippen LogP contribution is 2.38. The van der Waals surface area contributed by atoms with Gasteiger partial charge in [-0.3, -0.25) is 0 Å². The van der Waals surface area contributed by atoms with Crippen molar-refractivity contribution in [3.05, 3.63) is 33.8 Å². The Morgan fingerprint density at radius 3 is 2.26 bits per heavy atom. The Kier molecular flexibility index (Phi) is 10.4. The Bertz CT molecular complexity index is 657. The van der Waals surface area contributed by atoms with Crippen molar-refractivity contribution in [2.45, 2.75) is 79.6 Å². The highest BCUT2D eigenvalue weighted by Gasteiger charge is 2.38. The van der Waals surface area contributed by atoms with Crippen LogP contribution in [-0.2, 0) is 14.0 Å². The Labute approximate surface area is 170 Å². The predicted octanol–water partition coefficient (Wildman–Crippen LogP) is 6.39. The third-order valence-corrected chi connectivity index (χ3v) is 9.90. The van der Waals surface area contributed by atoms with Crippen molar-refractivity contribution in [3.63, 3.8) is 0 Å². The van der Waals surface area contributed by atoms with E-state index in [9.17, 15) is 4.79 Å². The van der Waals surface area contributed by atoms with Crippen LogP contribution in [0.3, 0.4) is 0 Å². The van der Waals surface area contributed by atoms with E-state index in [1.165, 1.54) is 5.57 Å². The summed E-state index contributed by atoms with van der Waals surface area (Å²) in [6.07, 6.45) is 2.30. The Hall–Kier alpha value is -1.24. The first kappa shape index (κ1) is 25.8. The summed E-state index contributed by atoms with van der Waals surface area (Å²) in [6, 6.07) is 0. The SMILES string of the molecule is C/C(=C\c1csc(C)n1)[C@H](C)O[Si](C)(C)C(C)(C)C.C=C(C)C(=O)OCC. The fourth-order valence-corrected chi connectivity index (χ4v) is 3.76. The number of esters is 1. The molecular formula is C21H37NO3SSi. The molecule has 6 heteroatoms. The van der Waals surface area contributed by atoms with Crippen LogP contribution in [0.2, 0.25) is 18.1 Å². The highest BCUT2D eigenvalue weighted by atomic mass is 32.1. The molecule has 1 atom stereocenters. The van der Waals surface area contributed by atoms with E-state index in [0.717, 1.165) is 10.7 Å². The van der Waals surface area contributed by atoms with E-state index in [-0.39, 0.29) is 17.1 Å². The molecule has 27 heavy (non-hydrogen) atoms. The molecule has 0 aliphatic carbocycles. The molecule has 154 valence electrons. The number of hydrogen-bond acceptors (Lipinski definition) is 5. The van der Waals surface area contributed by atoms with Crippen molar-refractivity contribution in [1.29, 1.82) is 0 Å². The number of ether oxygens (including phenoxy) is 1. The molecule has 1 aromatic rings. The summed E-state index contributed by atoms with van der Waals surface area (Å²) in [5.74, 6) is -0.312. The molecule has 0 spiro atoms. The third kappa shape index (κ3) is 9.49. The lowest BCUT2D eigenvalue weighted by atomic mass is 10.1. The van der Waals surface area contributed by atoms with Gasteiger partial charge in [-0.05, 0) is 64.4 Å². The van der Waals surface area contributed by atoms with Crippen LogP contribution >= 0.6 is 11.3 Å². The number of aryl methyl sites for hydroxylation is 1. The predicted molar refractivity (Wildman–Crippen MR) is 120 cm³/mol. The minimum atomic E-state index is -1.70. The van der Waals surface area contributed by atoms with E-state index in [4.69, 9.17) is 4.43 Å². The molecule has 1 rings (SSSR count). The van der Waals surface area contributed by atoms with Crippen molar-refractivity contribution in [3.8, 4) is 0 Å². The minimum Gasteiger partial charge on any atom is -0.463 e. The van der Waals surface area contributed by atoms with Gasteiger partial charge in [0, 0.05) is 11.0 Å². The van der Waals surface area contributed by atoms with Gasteiger partial charge in [0.15, 0.2) is 8.32 Å². The first-order valence-electron chi connectivity index (χ1n) is 9.32. The van der Waals surface area contributed by atoms with Gasteiger partial charge >= 0.3 is 5.97 Å². The number of hydrogen-bond donors (Lipinski definition) is 0. The zero-order valence-corrected chi connectivity index (χ0v) is 20.5. The number of carbonyl (C=O) groups excluding carboxylic acids is 1. The van der Waals surface area contributed by atoms with Gasteiger partial charge in [-0.15, -0.1) is 11.3 Å². The first-order chi connectivity index (χ1) is 12.2. The molecule has 0 unspecified atom stereocenters. The lowest BCUT2D eigenvalue weighted by Gasteiger charge is -2.38. The van der Waals surface area contributed by atoms with E-state index in [2.05, 4.69) is 75.5 Å². The molecular weight excluding hydrogens is 374 g/mol. The molecule has 0 radical (unpaired) electrons. The fraction of sp³-hybridized carbons (Fsp3) is 0.619. The van der Waals surface area contributed by atoms with Crippen LogP contribution in [0.1, 0.15) is 59.2 Å². The number of aromatic nitrogens is 1. The van der Waals surface area contributed by atoms with Gasteiger partial charge in [0.25, 0.3) is 0 Å². The average Bonchev–Trinajstić information content (AvgIpc) is 2.91. The first-order valence-corrected chi connectivity index (χ1v) is 13.1. The summed E-state index contributed by atoms with van der Waals surface area (Å²) in [6.45, 7) is 24.9. The molecule has 1 heterocycles. The van der Waals surface area contributed by atoms with Gasteiger partial charge in [0.1, 0.15) is 0 Å². The third-order valence-electron chi connectivity index (χ3n) is 4.56. The van der Waals surface area contributed by atoms with Crippen molar-refractivity contribution < 1.29 is 14.0 Å². The maximum absolute atomic E-state index is 10.4. The Morgan fingerprint density at radius 2 is 1.93 bits per heavy atom. The molecule has 0 aliphatic heterocycles. The molecule has 0 amide bonds. The van der Waals surface area contributed by atoms with Gasteiger partial charge in [-0.2, -0.15) is 0 Å². The van der Waals surface area contributed by atoms with E-state index in [1.54, 1.807) is 25.2 Å². The molecule has 0 aromatic carbocycles. The van der Waals surface area contributed by atoms with Gasteiger partial charge in [0.2, 0.25) is 0 Å². The molecule has 1 aromatic heterocycles. The van der Waals surface area contributed by atoms with E-state index in [1.807, 2.05) is 6.92 Å².